The van der Waals surface area contributed by atoms with E-state index in [0.717, 1.165) is 30.0 Å². The van der Waals surface area contributed by atoms with Crippen LogP contribution in [-0.4, -0.2) is 16.5 Å². The summed E-state index contributed by atoms with van der Waals surface area (Å²) in [5, 5.41) is 2.15. The molecular weight excluding hydrogens is 258 g/mol. The Bertz CT molecular complexity index is 674. The summed E-state index contributed by atoms with van der Waals surface area (Å²) in [6, 6.07) is 2.49. The molecule has 3 rings (SSSR count). The smallest absolute Gasteiger partial charge is 0.347 e. The number of hydrogen-bond acceptors (Lipinski definition) is 4. The summed E-state index contributed by atoms with van der Waals surface area (Å²) in [6.45, 7) is 7.05. The lowest BCUT2D eigenvalue weighted by atomic mass is 10.0. The molecule has 0 bridgehead atoms. The Morgan fingerprint density at radius 1 is 1.47 bits per heavy atom. The van der Waals surface area contributed by atoms with Crippen LogP contribution in [0.1, 0.15) is 34.7 Å². The lowest BCUT2D eigenvalue weighted by Gasteiger charge is -2.35. The maximum Gasteiger partial charge on any atom is 0.347 e. The van der Waals surface area contributed by atoms with E-state index in [4.69, 9.17) is 0 Å². The lowest BCUT2D eigenvalue weighted by Crippen LogP contribution is -2.35. The van der Waals surface area contributed by atoms with Crippen LogP contribution < -0.4 is 10.6 Å². The van der Waals surface area contributed by atoms with Crippen molar-refractivity contribution in [2.75, 3.05) is 11.4 Å². The maximum absolute atomic E-state index is 11.6. The number of aromatic nitrogens is 2. The second-order valence-corrected chi connectivity index (χ2v) is 5.99. The predicted octanol–water partition coefficient (Wildman–Crippen LogP) is 2.57. The molecule has 0 radical (unpaired) electrons. The Morgan fingerprint density at radius 2 is 2.26 bits per heavy atom. The summed E-state index contributed by atoms with van der Waals surface area (Å²) in [4.78, 5) is 22.2. The van der Waals surface area contributed by atoms with Crippen LogP contribution in [-0.2, 0) is 6.42 Å². The third-order valence-corrected chi connectivity index (χ3v) is 5.05. The normalized spacial score (nSPS) is 18.5. The summed E-state index contributed by atoms with van der Waals surface area (Å²) in [6.07, 6.45) is 1.02. The molecule has 1 N–H and O–H groups in total. The van der Waals surface area contributed by atoms with Gasteiger partial charge in [-0.15, -0.1) is 11.3 Å². The van der Waals surface area contributed by atoms with Gasteiger partial charge in [0.1, 0.15) is 5.82 Å². The molecule has 2 aromatic rings. The minimum atomic E-state index is -0.262. The number of anilines is 1. The first kappa shape index (κ1) is 12.4. The molecule has 5 heteroatoms. The molecule has 3 heterocycles. The van der Waals surface area contributed by atoms with Gasteiger partial charge in [-0.05, 0) is 44.2 Å². The van der Waals surface area contributed by atoms with Crippen LogP contribution in [0.5, 0.6) is 0 Å². The molecule has 1 aliphatic rings. The molecule has 0 aliphatic carbocycles. The highest BCUT2D eigenvalue weighted by atomic mass is 32.1. The third kappa shape index (κ3) is 1.98. The summed E-state index contributed by atoms with van der Waals surface area (Å²) >= 11 is 1.79. The van der Waals surface area contributed by atoms with E-state index in [1.807, 2.05) is 13.8 Å². The van der Waals surface area contributed by atoms with Crippen molar-refractivity contribution < 1.29 is 0 Å². The van der Waals surface area contributed by atoms with Crippen molar-refractivity contribution in [3.8, 4) is 0 Å². The monoisotopic (exact) mass is 275 g/mol. The van der Waals surface area contributed by atoms with E-state index in [2.05, 4.69) is 33.2 Å². The van der Waals surface area contributed by atoms with Gasteiger partial charge in [0.2, 0.25) is 0 Å². The van der Waals surface area contributed by atoms with E-state index in [-0.39, 0.29) is 11.7 Å². The number of hydrogen-bond donors (Lipinski definition) is 1. The van der Waals surface area contributed by atoms with E-state index in [1.54, 1.807) is 11.3 Å². The maximum atomic E-state index is 11.6. The fraction of sp³-hybridized carbons (Fsp3) is 0.429. The minimum Gasteiger partial charge on any atom is -0.348 e. The quantitative estimate of drug-likeness (QED) is 0.870. The van der Waals surface area contributed by atoms with Gasteiger partial charge >= 0.3 is 5.69 Å². The van der Waals surface area contributed by atoms with Crippen LogP contribution in [0, 0.1) is 13.8 Å². The first-order chi connectivity index (χ1) is 9.08. The van der Waals surface area contributed by atoms with Crippen LogP contribution in [0.2, 0.25) is 0 Å². The largest absolute Gasteiger partial charge is 0.348 e. The second kappa shape index (κ2) is 4.49. The van der Waals surface area contributed by atoms with Gasteiger partial charge in [-0.2, -0.15) is 4.98 Å². The van der Waals surface area contributed by atoms with Crippen LogP contribution in [0.25, 0.3) is 0 Å². The average molecular weight is 275 g/mol. The van der Waals surface area contributed by atoms with Crippen molar-refractivity contribution in [2.45, 2.75) is 33.2 Å². The van der Waals surface area contributed by atoms with Crippen LogP contribution in [0.3, 0.4) is 0 Å². The number of H-pyrrole nitrogens is 1. The van der Waals surface area contributed by atoms with Gasteiger partial charge in [0.25, 0.3) is 0 Å². The Kier molecular flexibility index (Phi) is 2.93. The fourth-order valence-corrected chi connectivity index (χ4v) is 3.72. The molecule has 0 amide bonds. The molecule has 19 heavy (non-hydrogen) atoms. The zero-order valence-electron chi connectivity index (χ0n) is 11.4. The van der Waals surface area contributed by atoms with E-state index in [0.29, 0.717) is 0 Å². The van der Waals surface area contributed by atoms with Crippen molar-refractivity contribution in [3.63, 3.8) is 0 Å². The Morgan fingerprint density at radius 3 is 3.05 bits per heavy atom. The number of aromatic amines is 1. The van der Waals surface area contributed by atoms with Gasteiger partial charge in [-0.1, -0.05) is 0 Å². The molecule has 1 atom stereocenters. The first-order valence-corrected chi connectivity index (χ1v) is 7.36. The predicted molar refractivity (Wildman–Crippen MR) is 78.1 cm³/mol. The van der Waals surface area contributed by atoms with Crippen LogP contribution in [0.4, 0.5) is 5.82 Å². The average Bonchev–Trinajstić information content (AvgIpc) is 2.84. The minimum absolute atomic E-state index is 0.262. The van der Waals surface area contributed by atoms with Crippen molar-refractivity contribution >= 4 is 17.2 Å². The molecule has 4 nitrogen and oxygen atoms in total. The molecule has 0 aromatic carbocycles. The van der Waals surface area contributed by atoms with Crippen molar-refractivity contribution in [1.82, 2.24) is 9.97 Å². The SMILES string of the molecule is Cc1[nH]c(=O)nc(N2CCc3ccsc3C2C)c1C. The summed E-state index contributed by atoms with van der Waals surface area (Å²) in [5.41, 5.74) is 3.14. The van der Waals surface area contributed by atoms with Gasteiger partial charge in [0, 0.05) is 22.7 Å². The highest BCUT2D eigenvalue weighted by Crippen LogP contribution is 2.36. The van der Waals surface area contributed by atoms with E-state index >= 15 is 0 Å². The standard InChI is InChI=1S/C14H17N3OS/c1-8-9(2)15-14(18)16-13(8)17-6-4-11-5-7-19-12(11)10(17)3/h5,7,10H,4,6H2,1-3H3,(H,15,16,18). The van der Waals surface area contributed by atoms with Crippen LogP contribution >= 0.6 is 11.3 Å². The number of rotatable bonds is 1. The molecule has 1 unspecified atom stereocenters. The molecule has 0 spiro atoms. The summed E-state index contributed by atoms with van der Waals surface area (Å²) < 4.78 is 0. The van der Waals surface area contributed by atoms with Gasteiger partial charge in [0.15, 0.2) is 0 Å². The molecule has 0 saturated carbocycles. The fourth-order valence-electron chi connectivity index (χ4n) is 2.70. The van der Waals surface area contributed by atoms with Gasteiger partial charge < -0.3 is 9.88 Å². The number of nitrogens with one attached hydrogen (secondary N) is 1. The molecule has 1 aliphatic heterocycles. The highest BCUT2D eigenvalue weighted by molar-refractivity contribution is 7.10. The first-order valence-electron chi connectivity index (χ1n) is 6.48. The lowest BCUT2D eigenvalue weighted by molar-refractivity contribution is 0.624. The second-order valence-electron chi connectivity index (χ2n) is 5.05. The third-order valence-electron chi connectivity index (χ3n) is 3.92. The number of thiophene rings is 1. The van der Waals surface area contributed by atoms with E-state index in [1.165, 1.54) is 10.4 Å². The number of fused-ring (bicyclic) bond motifs is 1. The topological polar surface area (TPSA) is 49.0 Å². The Hall–Kier alpha value is -1.62. The zero-order chi connectivity index (χ0) is 13.6. The summed E-state index contributed by atoms with van der Waals surface area (Å²) in [5.74, 6) is 0.827. The van der Waals surface area contributed by atoms with Crippen molar-refractivity contribution in [2.24, 2.45) is 0 Å². The van der Waals surface area contributed by atoms with Gasteiger partial charge in [0.05, 0.1) is 6.04 Å². The highest BCUT2D eigenvalue weighted by Gasteiger charge is 2.27. The zero-order valence-corrected chi connectivity index (χ0v) is 12.2. The Labute approximate surface area is 116 Å². The molecule has 100 valence electrons. The molecule has 0 fully saturated rings. The molecule has 2 aromatic heterocycles. The van der Waals surface area contributed by atoms with Crippen LogP contribution in [0.15, 0.2) is 16.2 Å². The number of nitrogens with zero attached hydrogens (tertiary/aromatic N) is 2. The van der Waals surface area contributed by atoms with E-state index < -0.39 is 0 Å². The van der Waals surface area contributed by atoms with Crippen molar-refractivity contribution in [1.29, 1.82) is 0 Å². The van der Waals surface area contributed by atoms with Gasteiger partial charge in [-0.3, -0.25) is 0 Å². The van der Waals surface area contributed by atoms with E-state index in [9.17, 15) is 4.79 Å². The molecular formula is C14H17N3OS. The number of aryl methyl sites for hydroxylation is 1. The van der Waals surface area contributed by atoms with Crippen molar-refractivity contribution in [3.05, 3.63) is 43.6 Å². The Balaban J connectivity index is 2.07. The molecule has 0 saturated heterocycles. The summed E-state index contributed by atoms with van der Waals surface area (Å²) in [7, 11) is 0. The van der Waals surface area contributed by atoms with Gasteiger partial charge in [-0.25, -0.2) is 4.79 Å².